The molecule has 0 spiro atoms. The Balaban J connectivity index is 2.52. The van der Waals surface area contributed by atoms with Crippen LogP contribution in [0.15, 0.2) is 0 Å². The number of hydrogen-bond donors (Lipinski definition) is 4. The molecule has 0 aliphatic carbocycles. The van der Waals surface area contributed by atoms with Crippen molar-refractivity contribution in [2.24, 2.45) is 0 Å². The smallest absolute Gasteiger partial charge is 0.217 e. The van der Waals surface area contributed by atoms with E-state index in [2.05, 4.69) is 11.6 Å². The van der Waals surface area contributed by atoms with Crippen LogP contribution in [0.3, 0.4) is 0 Å². The number of ether oxygens (including phenoxy) is 2. The van der Waals surface area contributed by atoms with E-state index in [9.17, 15) is 20.1 Å². The normalized spacial score (nSPS) is 32.0. The second-order valence-corrected chi connectivity index (χ2v) is 6.34. The van der Waals surface area contributed by atoms with Crippen LogP contribution in [0.1, 0.15) is 26.2 Å². The molecule has 4 N–H and O–H groups in total. The molecule has 0 radical (unpaired) electrons. The number of thioether (sulfide) groups is 1. The molecule has 8 heteroatoms. The van der Waals surface area contributed by atoms with Gasteiger partial charge in [-0.25, -0.2) is 0 Å². The molecule has 1 amide bonds. The molecule has 1 fully saturated rings. The maximum absolute atomic E-state index is 11.2. The van der Waals surface area contributed by atoms with Crippen molar-refractivity contribution in [1.29, 1.82) is 0 Å². The summed E-state index contributed by atoms with van der Waals surface area (Å²) in [5.41, 5.74) is 0. The summed E-state index contributed by atoms with van der Waals surface area (Å²) < 4.78 is 11.1. The van der Waals surface area contributed by atoms with Crippen LogP contribution >= 0.6 is 11.8 Å². The summed E-state index contributed by atoms with van der Waals surface area (Å²) >= 11 is 1.80. The number of unbranched alkanes of at least 4 members (excludes halogenated alkanes) is 2. The highest BCUT2D eigenvalue weighted by atomic mass is 32.2. The number of carbonyl (C=O) groups excluding carboxylic acids is 1. The molecule has 0 aromatic carbocycles. The van der Waals surface area contributed by atoms with Gasteiger partial charge in [0.25, 0.3) is 0 Å². The monoisotopic (exact) mass is 337 g/mol. The Labute approximate surface area is 135 Å². The summed E-state index contributed by atoms with van der Waals surface area (Å²) in [6.45, 7) is 1.31. The molecule has 0 aromatic rings. The van der Waals surface area contributed by atoms with E-state index in [1.807, 2.05) is 0 Å². The summed E-state index contributed by atoms with van der Waals surface area (Å²) in [6, 6.07) is -0.860. The van der Waals surface area contributed by atoms with Gasteiger partial charge in [0.1, 0.15) is 24.4 Å². The molecule has 1 aliphatic rings. The summed E-state index contributed by atoms with van der Waals surface area (Å²) in [5.74, 6) is 0.752. The maximum atomic E-state index is 11.2. The van der Waals surface area contributed by atoms with E-state index in [1.165, 1.54) is 6.92 Å². The number of rotatable bonds is 9. The molecule has 1 rings (SSSR count). The minimum absolute atomic E-state index is 0.351. The van der Waals surface area contributed by atoms with Crippen LogP contribution in [0, 0.1) is 0 Å². The van der Waals surface area contributed by atoms with E-state index in [0.717, 1.165) is 25.0 Å². The van der Waals surface area contributed by atoms with Gasteiger partial charge in [-0.2, -0.15) is 11.8 Å². The topological polar surface area (TPSA) is 108 Å². The largest absolute Gasteiger partial charge is 0.394 e. The zero-order valence-electron chi connectivity index (χ0n) is 13.1. The number of carbonyl (C=O) groups is 1. The van der Waals surface area contributed by atoms with Gasteiger partial charge in [0, 0.05) is 13.5 Å². The third-order valence-corrected chi connectivity index (χ3v) is 4.22. The molecular weight excluding hydrogens is 310 g/mol. The van der Waals surface area contributed by atoms with Gasteiger partial charge in [-0.15, -0.1) is 0 Å². The quantitative estimate of drug-likeness (QED) is 0.419. The number of amides is 1. The Bertz CT molecular complexity index is 332. The van der Waals surface area contributed by atoms with Crippen molar-refractivity contribution in [2.45, 2.75) is 56.8 Å². The fourth-order valence-corrected chi connectivity index (χ4v) is 2.83. The predicted molar refractivity (Wildman–Crippen MR) is 83.6 cm³/mol. The van der Waals surface area contributed by atoms with Crippen molar-refractivity contribution in [1.82, 2.24) is 5.32 Å². The summed E-state index contributed by atoms with van der Waals surface area (Å²) in [5, 5.41) is 31.7. The van der Waals surface area contributed by atoms with Crippen LogP contribution in [0.5, 0.6) is 0 Å². The minimum Gasteiger partial charge on any atom is -0.394 e. The lowest BCUT2D eigenvalue weighted by atomic mass is 9.97. The third-order valence-electron chi connectivity index (χ3n) is 3.53. The number of hydrogen-bond acceptors (Lipinski definition) is 7. The van der Waals surface area contributed by atoms with E-state index in [1.54, 1.807) is 11.8 Å². The predicted octanol–water partition coefficient (Wildman–Crippen LogP) is -0.520. The standard InChI is InChI=1S/C14H27NO6S/c1-9(17)15-11-13(19)12(18)10(8-16)21-14(11)20-6-4-3-5-7-22-2/h10-14,16,18-19H,3-8H2,1-2H3,(H,15,17)/t10?,11?,12-,13+,14+/m1/s1. The number of aliphatic hydroxyl groups is 3. The van der Waals surface area contributed by atoms with Crippen molar-refractivity contribution in [2.75, 3.05) is 25.2 Å². The van der Waals surface area contributed by atoms with Gasteiger partial charge in [0.15, 0.2) is 6.29 Å². The van der Waals surface area contributed by atoms with Gasteiger partial charge in [0.2, 0.25) is 5.91 Å². The highest BCUT2D eigenvalue weighted by molar-refractivity contribution is 7.98. The zero-order valence-corrected chi connectivity index (χ0v) is 13.9. The fourth-order valence-electron chi connectivity index (χ4n) is 2.34. The lowest BCUT2D eigenvalue weighted by Crippen LogP contribution is -2.64. The average Bonchev–Trinajstić information content (AvgIpc) is 2.49. The van der Waals surface area contributed by atoms with Crippen LogP contribution in [-0.2, 0) is 14.3 Å². The van der Waals surface area contributed by atoms with Crippen LogP contribution < -0.4 is 5.32 Å². The van der Waals surface area contributed by atoms with Crippen molar-refractivity contribution < 1.29 is 29.6 Å². The lowest BCUT2D eigenvalue weighted by molar-refractivity contribution is -0.270. The van der Waals surface area contributed by atoms with E-state index in [-0.39, 0.29) is 5.91 Å². The zero-order chi connectivity index (χ0) is 16.5. The molecule has 1 saturated heterocycles. The van der Waals surface area contributed by atoms with Gasteiger partial charge in [-0.05, 0) is 24.9 Å². The van der Waals surface area contributed by atoms with Gasteiger partial charge >= 0.3 is 0 Å². The van der Waals surface area contributed by atoms with Crippen molar-refractivity contribution in [3.05, 3.63) is 0 Å². The molecule has 5 atom stereocenters. The number of aliphatic hydroxyl groups excluding tert-OH is 3. The van der Waals surface area contributed by atoms with Crippen LogP contribution in [0.4, 0.5) is 0 Å². The van der Waals surface area contributed by atoms with E-state index < -0.39 is 37.3 Å². The molecule has 1 heterocycles. The molecule has 22 heavy (non-hydrogen) atoms. The molecular formula is C14H27NO6S. The molecule has 7 nitrogen and oxygen atoms in total. The maximum Gasteiger partial charge on any atom is 0.217 e. The molecule has 1 aliphatic heterocycles. The second-order valence-electron chi connectivity index (χ2n) is 5.36. The Morgan fingerprint density at radius 1 is 1.27 bits per heavy atom. The first-order chi connectivity index (χ1) is 10.5. The molecule has 0 bridgehead atoms. The van der Waals surface area contributed by atoms with Crippen molar-refractivity contribution >= 4 is 17.7 Å². The van der Waals surface area contributed by atoms with Crippen LogP contribution in [-0.4, -0.2) is 77.1 Å². The summed E-state index contributed by atoms with van der Waals surface area (Å²) in [4.78, 5) is 11.2. The van der Waals surface area contributed by atoms with Crippen molar-refractivity contribution in [3.63, 3.8) is 0 Å². The average molecular weight is 337 g/mol. The molecule has 2 unspecified atom stereocenters. The second kappa shape index (κ2) is 10.4. The van der Waals surface area contributed by atoms with Gasteiger partial charge in [-0.3, -0.25) is 4.79 Å². The summed E-state index contributed by atoms with van der Waals surface area (Å²) in [7, 11) is 0. The lowest BCUT2D eigenvalue weighted by Gasteiger charge is -2.42. The van der Waals surface area contributed by atoms with Gasteiger partial charge in [-0.1, -0.05) is 6.42 Å². The van der Waals surface area contributed by atoms with Crippen LogP contribution in [0.25, 0.3) is 0 Å². The molecule has 0 aromatic heterocycles. The Morgan fingerprint density at radius 2 is 2.00 bits per heavy atom. The number of nitrogens with one attached hydrogen (secondary N) is 1. The highest BCUT2D eigenvalue weighted by Crippen LogP contribution is 2.22. The Kier molecular flexibility index (Phi) is 9.30. The summed E-state index contributed by atoms with van der Waals surface area (Å²) in [6.07, 6.45) is 0.682. The van der Waals surface area contributed by atoms with Crippen LogP contribution in [0.2, 0.25) is 0 Å². The fraction of sp³-hybridized carbons (Fsp3) is 0.929. The minimum atomic E-state index is -1.27. The first-order valence-corrected chi connectivity index (χ1v) is 8.90. The van der Waals surface area contributed by atoms with E-state index >= 15 is 0 Å². The van der Waals surface area contributed by atoms with Crippen molar-refractivity contribution in [3.8, 4) is 0 Å². The molecule has 0 saturated carbocycles. The highest BCUT2D eigenvalue weighted by Gasteiger charge is 2.45. The van der Waals surface area contributed by atoms with Gasteiger partial charge in [0.05, 0.1) is 6.61 Å². The van der Waals surface area contributed by atoms with Gasteiger partial charge < -0.3 is 30.1 Å². The third kappa shape index (κ3) is 6.02. The SMILES string of the molecule is CSCCCCCO[C@H]1OC(CO)[C@@H](O)[C@@H](O)C1NC(C)=O. The van der Waals surface area contributed by atoms with E-state index in [4.69, 9.17) is 9.47 Å². The van der Waals surface area contributed by atoms with E-state index in [0.29, 0.717) is 6.61 Å². The Hall–Kier alpha value is -0.380. The molecule has 130 valence electrons. The first-order valence-electron chi connectivity index (χ1n) is 7.51. The Morgan fingerprint density at radius 3 is 2.59 bits per heavy atom. The first kappa shape index (κ1) is 19.7.